The fraction of sp³-hybridized carbons (Fsp3) is 0.312. The number of halogens is 2. The Morgan fingerprint density at radius 1 is 1.38 bits per heavy atom. The van der Waals surface area contributed by atoms with E-state index in [1.807, 2.05) is 25.4 Å². The zero-order valence-electron chi connectivity index (χ0n) is 11.7. The maximum absolute atomic E-state index is 6.23. The Balaban J connectivity index is 1.91. The van der Waals surface area contributed by atoms with Crippen LogP contribution in [0.1, 0.15) is 22.7 Å². The van der Waals surface area contributed by atoms with Crippen molar-refractivity contribution in [1.82, 2.24) is 10.3 Å². The highest BCUT2D eigenvalue weighted by atomic mass is 79.9. The van der Waals surface area contributed by atoms with Gasteiger partial charge in [0.1, 0.15) is 5.75 Å². The number of hydrogen-bond donors (Lipinski definition) is 1. The summed E-state index contributed by atoms with van der Waals surface area (Å²) in [6, 6.07) is 6.26. The average molecular weight is 368 g/mol. The predicted octanol–water partition coefficient (Wildman–Crippen LogP) is 3.94. The van der Waals surface area contributed by atoms with Crippen LogP contribution in [-0.4, -0.2) is 18.6 Å². The quantitative estimate of drug-likeness (QED) is 0.889. The van der Waals surface area contributed by atoms with E-state index in [9.17, 15) is 0 Å². The molecule has 3 nitrogen and oxygen atoms in total. The summed E-state index contributed by atoms with van der Waals surface area (Å²) in [6.45, 7) is 0.741. The number of ether oxygens (including phenoxy) is 1. The maximum atomic E-state index is 6.23. The minimum atomic E-state index is 0.168. The van der Waals surface area contributed by atoms with Crippen LogP contribution in [-0.2, 0) is 12.8 Å². The predicted molar refractivity (Wildman–Crippen MR) is 88.1 cm³/mol. The monoisotopic (exact) mass is 366 g/mol. The molecule has 0 spiro atoms. The van der Waals surface area contributed by atoms with E-state index in [1.54, 1.807) is 6.20 Å². The van der Waals surface area contributed by atoms with Crippen molar-refractivity contribution in [3.8, 4) is 5.75 Å². The lowest BCUT2D eigenvalue weighted by molar-refractivity contribution is 0.352. The topological polar surface area (TPSA) is 34.1 Å². The first-order chi connectivity index (χ1) is 10.2. The molecule has 1 unspecified atom stereocenters. The first kappa shape index (κ1) is 14.8. The average Bonchev–Trinajstić information content (AvgIpc) is 2.92. The van der Waals surface area contributed by atoms with E-state index in [0.717, 1.165) is 45.8 Å². The van der Waals surface area contributed by atoms with E-state index in [4.69, 9.17) is 16.3 Å². The molecule has 3 rings (SSSR count). The SMILES string of the molecule is CNC(Cc1cc(Cl)cc2c1OCC2)c1cncc(Br)c1. The number of pyridine rings is 1. The van der Waals surface area contributed by atoms with Crippen molar-refractivity contribution in [2.24, 2.45) is 0 Å². The van der Waals surface area contributed by atoms with Crippen LogP contribution in [0.2, 0.25) is 5.02 Å². The summed E-state index contributed by atoms with van der Waals surface area (Å²) in [4.78, 5) is 4.24. The molecule has 110 valence electrons. The van der Waals surface area contributed by atoms with Crippen molar-refractivity contribution in [1.29, 1.82) is 0 Å². The second-order valence-electron chi connectivity index (χ2n) is 5.13. The summed E-state index contributed by atoms with van der Waals surface area (Å²) < 4.78 is 6.76. The summed E-state index contributed by atoms with van der Waals surface area (Å²) in [6.07, 6.45) is 5.43. The highest BCUT2D eigenvalue weighted by Gasteiger charge is 2.20. The van der Waals surface area contributed by atoms with Crippen molar-refractivity contribution in [3.63, 3.8) is 0 Å². The third-order valence-corrected chi connectivity index (χ3v) is 4.38. The lowest BCUT2D eigenvalue weighted by Gasteiger charge is -2.18. The summed E-state index contributed by atoms with van der Waals surface area (Å²) in [5, 5.41) is 4.12. The van der Waals surface area contributed by atoms with Gasteiger partial charge in [-0.3, -0.25) is 4.98 Å². The number of nitrogens with zero attached hydrogens (tertiary/aromatic N) is 1. The number of likely N-dealkylation sites (N-methyl/N-ethyl adjacent to an activating group) is 1. The molecule has 1 atom stereocenters. The Morgan fingerprint density at radius 3 is 3.00 bits per heavy atom. The summed E-state index contributed by atoms with van der Waals surface area (Å²) in [5.74, 6) is 1.00. The van der Waals surface area contributed by atoms with E-state index in [1.165, 1.54) is 5.56 Å². The Labute approximate surface area is 137 Å². The van der Waals surface area contributed by atoms with Crippen LogP contribution in [0.4, 0.5) is 0 Å². The van der Waals surface area contributed by atoms with E-state index in [2.05, 4.69) is 32.3 Å². The number of benzene rings is 1. The Morgan fingerprint density at radius 2 is 2.24 bits per heavy atom. The molecule has 21 heavy (non-hydrogen) atoms. The Kier molecular flexibility index (Phi) is 4.48. The highest BCUT2D eigenvalue weighted by Crippen LogP contribution is 2.35. The summed E-state index contributed by atoms with van der Waals surface area (Å²) in [5.41, 5.74) is 3.49. The number of hydrogen-bond acceptors (Lipinski definition) is 3. The molecule has 0 saturated heterocycles. The molecule has 2 heterocycles. The molecule has 5 heteroatoms. The van der Waals surface area contributed by atoms with Gasteiger partial charge < -0.3 is 10.1 Å². The summed E-state index contributed by atoms with van der Waals surface area (Å²) in [7, 11) is 1.96. The number of aromatic nitrogens is 1. The normalized spacial score (nSPS) is 14.6. The molecule has 0 aliphatic carbocycles. The lowest BCUT2D eigenvalue weighted by Crippen LogP contribution is -2.19. The van der Waals surface area contributed by atoms with Gasteiger partial charge in [-0.1, -0.05) is 11.6 Å². The van der Waals surface area contributed by atoms with E-state index in [0.29, 0.717) is 0 Å². The van der Waals surface area contributed by atoms with Gasteiger partial charge in [0.2, 0.25) is 0 Å². The van der Waals surface area contributed by atoms with Crippen LogP contribution in [0.15, 0.2) is 35.1 Å². The largest absolute Gasteiger partial charge is 0.493 e. The summed E-state index contributed by atoms with van der Waals surface area (Å²) >= 11 is 9.70. The molecule has 0 fully saturated rings. The molecule has 1 aromatic carbocycles. The molecular weight excluding hydrogens is 352 g/mol. The van der Waals surface area contributed by atoms with Gasteiger partial charge in [0.25, 0.3) is 0 Å². The molecular formula is C16H16BrClN2O. The van der Waals surface area contributed by atoms with Crippen LogP contribution < -0.4 is 10.1 Å². The maximum Gasteiger partial charge on any atom is 0.125 e. The smallest absolute Gasteiger partial charge is 0.125 e. The molecule has 1 aliphatic rings. The van der Waals surface area contributed by atoms with E-state index >= 15 is 0 Å². The van der Waals surface area contributed by atoms with Gasteiger partial charge in [0.15, 0.2) is 0 Å². The number of rotatable bonds is 4. The highest BCUT2D eigenvalue weighted by molar-refractivity contribution is 9.10. The van der Waals surface area contributed by atoms with Crippen molar-refractivity contribution in [2.75, 3.05) is 13.7 Å². The molecule has 1 aliphatic heterocycles. The molecule has 2 aromatic rings. The van der Waals surface area contributed by atoms with Crippen molar-refractivity contribution < 1.29 is 4.74 Å². The fourth-order valence-electron chi connectivity index (χ4n) is 2.72. The minimum Gasteiger partial charge on any atom is -0.493 e. The first-order valence-corrected chi connectivity index (χ1v) is 8.06. The lowest BCUT2D eigenvalue weighted by atomic mass is 9.98. The molecule has 0 bridgehead atoms. The number of fused-ring (bicyclic) bond motifs is 1. The van der Waals surface area contributed by atoms with Crippen LogP contribution >= 0.6 is 27.5 Å². The molecule has 1 aromatic heterocycles. The zero-order valence-corrected chi connectivity index (χ0v) is 14.0. The van der Waals surface area contributed by atoms with Crippen molar-refractivity contribution in [3.05, 3.63) is 56.8 Å². The van der Waals surface area contributed by atoms with Gasteiger partial charge in [-0.25, -0.2) is 0 Å². The van der Waals surface area contributed by atoms with Crippen molar-refractivity contribution >= 4 is 27.5 Å². The van der Waals surface area contributed by atoms with Crippen molar-refractivity contribution in [2.45, 2.75) is 18.9 Å². The van der Waals surface area contributed by atoms with E-state index in [-0.39, 0.29) is 6.04 Å². The van der Waals surface area contributed by atoms with Crippen LogP contribution in [0, 0.1) is 0 Å². The van der Waals surface area contributed by atoms with Crippen LogP contribution in [0.5, 0.6) is 5.75 Å². The van der Waals surface area contributed by atoms with Crippen LogP contribution in [0.3, 0.4) is 0 Å². The second kappa shape index (κ2) is 6.34. The molecule has 0 radical (unpaired) electrons. The second-order valence-corrected chi connectivity index (χ2v) is 6.49. The van der Waals surface area contributed by atoms with Gasteiger partial charge in [-0.05, 0) is 64.3 Å². The Hall–Kier alpha value is -1.10. The van der Waals surface area contributed by atoms with Crippen LogP contribution in [0.25, 0.3) is 0 Å². The molecule has 0 saturated carbocycles. The standard InChI is InChI=1S/C16H16BrClN2O/c1-19-15(12-4-13(17)9-20-8-12)7-11-6-14(18)5-10-2-3-21-16(10)11/h4-6,8-9,15,19H,2-3,7H2,1H3. The molecule has 0 amide bonds. The van der Waals surface area contributed by atoms with E-state index < -0.39 is 0 Å². The van der Waals surface area contributed by atoms with Gasteiger partial charge in [-0.15, -0.1) is 0 Å². The third-order valence-electron chi connectivity index (χ3n) is 3.73. The zero-order chi connectivity index (χ0) is 14.8. The fourth-order valence-corrected chi connectivity index (χ4v) is 3.37. The van der Waals surface area contributed by atoms with Gasteiger partial charge in [0.05, 0.1) is 6.61 Å². The first-order valence-electron chi connectivity index (χ1n) is 6.89. The number of nitrogens with one attached hydrogen (secondary N) is 1. The Bertz CT molecular complexity index is 663. The third kappa shape index (κ3) is 3.23. The van der Waals surface area contributed by atoms with Gasteiger partial charge in [-0.2, -0.15) is 0 Å². The van der Waals surface area contributed by atoms with Gasteiger partial charge in [0, 0.05) is 34.4 Å². The van der Waals surface area contributed by atoms with Gasteiger partial charge >= 0.3 is 0 Å². The molecule has 1 N–H and O–H groups in total. The minimum absolute atomic E-state index is 0.168.